The van der Waals surface area contributed by atoms with Gasteiger partial charge in [-0.3, -0.25) is 9.79 Å². The maximum absolute atomic E-state index is 12.6. The highest BCUT2D eigenvalue weighted by Crippen LogP contribution is 2.67. The van der Waals surface area contributed by atoms with Crippen molar-refractivity contribution in [2.24, 2.45) is 79.3 Å². The second-order valence-electron chi connectivity index (χ2n) is 17.4. The Balaban J connectivity index is 1.09. The van der Waals surface area contributed by atoms with E-state index in [4.69, 9.17) is 41.9 Å². The van der Waals surface area contributed by atoms with Crippen LogP contribution in [0.3, 0.4) is 0 Å². The van der Waals surface area contributed by atoms with Crippen molar-refractivity contribution >= 4 is 24.0 Å². The number of nitrogens with zero attached hydrogens (tertiary/aromatic N) is 2. The molecule has 0 aliphatic heterocycles. The third kappa shape index (κ3) is 12.0. The van der Waals surface area contributed by atoms with Gasteiger partial charge in [0.2, 0.25) is 5.91 Å². The molecule has 4 rings (SSSR count). The first kappa shape index (κ1) is 43.7. The summed E-state index contributed by atoms with van der Waals surface area (Å²) in [6.07, 6.45) is 16.3. The quantitative estimate of drug-likeness (QED) is 0.0331. The average molecular weight is 760 g/mol. The van der Waals surface area contributed by atoms with Crippen LogP contribution in [-0.4, -0.2) is 82.3 Å². The van der Waals surface area contributed by atoms with Crippen molar-refractivity contribution < 1.29 is 28.5 Å². The molecule has 54 heavy (non-hydrogen) atoms. The molecule has 0 radical (unpaired) electrons. The monoisotopic (exact) mass is 760 g/mol. The zero-order valence-electron chi connectivity index (χ0n) is 34.0. The molecule has 0 aromatic carbocycles. The number of aliphatic imine (C=N–C) groups is 2. The predicted octanol–water partition coefficient (Wildman–Crippen LogP) is 5.39. The maximum Gasteiger partial charge on any atom is 0.508 e. The molecule has 0 heterocycles. The maximum atomic E-state index is 12.6. The van der Waals surface area contributed by atoms with E-state index in [9.17, 15) is 9.59 Å². The number of nitrogens with one attached hydrogen (secondary N) is 1. The Hall–Kier alpha value is -3.06. The number of hydrogen-bond acceptors (Lipinski definition) is 8. The predicted molar refractivity (Wildman–Crippen MR) is 213 cm³/mol. The summed E-state index contributed by atoms with van der Waals surface area (Å²) in [4.78, 5) is 32.9. The number of hydrogen-bond donors (Lipinski definition) is 5. The van der Waals surface area contributed by atoms with Crippen LogP contribution in [0.25, 0.3) is 0 Å². The van der Waals surface area contributed by atoms with Crippen molar-refractivity contribution in [2.45, 2.75) is 130 Å². The minimum absolute atomic E-state index is 0.00788. The summed E-state index contributed by atoms with van der Waals surface area (Å²) >= 11 is 0. The molecular formula is C41H73N7O6. The van der Waals surface area contributed by atoms with Gasteiger partial charge in [-0.1, -0.05) is 65.5 Å². The molecule has 9 unspecified atom stereocenters. The van der Waals surface area contributed by atoms with E-state index in [1.165, 1.54) is 56.9 Å². The van der Waals surface area contributed by atoms with Gasteiger partial charge in [0, 0.05) is 19.5 Å². The first-order valence-electron chi connectivity index (χ1n) is 20.8. The number of fused-ring (bicyclic) bond motifs is 5. The molecule has 9 atom stereocenters. The van der Waals surface area contributed by atoms with Crippen LogP contribution in [0.2, 0.25) is 0 Å². The highest BCUT2D eigenvalue weighted by Gasteiger charge is 2.59. The fourth-order valence-electron chi connectivity index (χ4n) is 10.7. The SMILES string of the molecule is CC(C)CCCC(C)C1CCC2C3CC=C4CC(OC(=O)OCCOCCOCCNC(=O)C(CCCN=C(N)N)N=C(N)N)CCC4(C)C3CCC12C. The fourth-order valence-corrected chi connectivity index (χ4v) is 10.7. The van der Waals surface area contributed by atoms with Crippen LogP contribution < -0.4 is 28.3 Å². The van der Waals surface area contributed by atoms with Crippen LogP contribution in [0.1, 0.15) is 118 Å². The van der Waals surface area contributed by atoms with Gasteiger partial charge in [-0.25, -0.2) is 9.79 Å². The number of carbonyl (C=O) groups excluding carboxylic acids is 2. The van der Waals surface area contributed by atoms with E-state index in [-0.39, 0.29) is 55.7 Å². The van der Waals surface area contributed by atoms with Crippen LogP contribution in [0, 0.1) is 46.3 Å². The summed E-state index contributed by atoms with van der Waals surface area (Å²) < 4.78 is 22.2. The van der Waals surface area contributed by atoms with Crippen LogP contribution in [0.4, 0.5) is 4.79 Å². The molecule has 9 N–H and O–H groups in total. The number of amides is 1. The fraction of sp³-hybridized carbons (Fsp3) is 0.854. The lowest BCUT2D eigenvalue weighted by atomic mass is 9.47. The molecule has 13 nitrogen and oxygen atoms in total. The van der Waals surface area contributed by atoms with E-state index in [1.54, 1.807) is 0 Å². The van der Waals surface area contributed by atoms with Crippen molar-refractivity contribution in [3.05, 3.63) is 11.6 Å². The Morgan fingerprint density at radius 2 is 1.61 bits per heavy atom. The molecule has 0 saturated heterocycles. The van der Waals surface area contributed by atoms with E-state index in [0.717, 1.165) is 54.8 Å². The van der Waals surface area contributed by atoms with Gasteiger partial charge in [-0.05, 0) is 104 Å². The molecule has 0 bridgehead atoms. The van der Waals surface area contributed by atoms with Crippen molar-refractivity contribution in [3.63, 3.8) is 0 Å². The van der Waals surface area contributed by atoms with Gasteiger partial charge in [0.1, 0.15) is 18.8 Å². The second kappa shape index (κ2) is 20.7. The van der Waals surface area contributed by atoms with E-state index in [1.807, 2.05) is 0 Å². The van der Waals surface area contributed by atoms with Gasteiger partial charge in [0.15, 0.2) is 11.9 Å². The minimum Gasteiger partial charge on any atom is -0.432 e. The summed E-state index contributed by atoms with van der Waals surface area (Å²) in [6, 6.07) is -0.735. The lowest BCUT2D eigenvalue weighted by molar-refractivity contribution is -0.122. The topological polar surface area (TPSA) is 212 Å². The Bertz CT molecular complexity index is 1300. The molecule has 3 saturated carbocycles. The van der Waals surface area contributed by atoms with E-state index in [2.05, 4.69) is 56.0 Å². The highest BCUT2D eigenvalue weighted by molar-refractivity contribution is 5.86. The zero-order valence-corrected chi connectivity index (χ0v) is 34.0. The van der Waals surface area contributed by atoms with Crippen LogP contribution in [0.5, 0.6) is 0 Å². The minimum atomic E-state index is -0.735. The number of carbonyl (C=O) groups is 2. The molecule has 0 aromatic heterocycles. The van der Waals surface area contributed by atoms with Gasteiger partial charge in [-0.2, -0.15) is 0 Å². The number of ether oxygens (including phenoxy) is 4. The first-order chi connectivity index (χ1) is 25.7. The smallest absolute Gasteiger partial charge is 0.432 e. The number of nitrogens with two attached hydrogens (primary N) is 4. The van der Waals surface area contributed by atoms with Crippen LogP contribution in [0.15, 0.2) is 21.6 Å². The molecule has 1 amide bonds. The van der Waals surface area contributed by atoms with Crippen molar-refractivity contribution in [3.8, 4) is 0 Å². The number of rotatable bonds is 21. The third-order valence-corrected chi connectivity index (χ3v) is 13.4. The summed E-state index contributed by atoms with van der Waals surface area (Å²) in [7, 11) is 0. The van der Waals surface area contributed by atoms with Crippen molar-refractivity contribution in [1.82, 2.24) is 5.32 Å². The lowest BCUT2D eigenvalue weighted by Gasteiger charge is -2.58. The zero-order chi connectivity index (χ0) is 39.3. The molecular weight excluding hydrogens is 686 g/mol. The first-order valence-corrected chi connectivity index (χ1v) is 20.8. The van der Waals surface area contributed by atoms with Crippen LogP contribution in [-0.2, 0) is 23.7 Å². The molecule has 0 spiro atoms. The molecule has 4 aliphatic carbocycles. The van der Waals surface area contributed by atoms with Crippen molar-refractivity contribution in [1.29, 1.82) is 0 Å². The van der Waals surface area contributed by atoms with Gasteiger partial charge < -0.3 is 47.2 Å². The molecule has 4 aliphatic rings. The summed E-state index contributed by atoms with van der Waals surface area (Å²) in [5, 5.41) is 2.76. The van der Waals surface area contributed by atoms with E-state index >= 15 is 0 Å². The number of allylic oxidation sites excluding steroid dienone is 1. The Labute approximate surface area is 324 Å². The normalized spacial score (nSPS) is 29.8. The standard InChI is InChI=1S/C41H73N7O6/c1-27(2)8-6-9-28(3)32-13-14-33-31-12-11-29-26-30(15-17-40(29,4)34(31)16-18-41(32,33)5)54-39(50)53-25-24-52-23-22-51-21-20-46-36(49)35(48-38(44)45)10-7-19-47-37(42)43/h11,27-28,30-35H,6-10,12-26H2,1-5H3,(H,46,49)(H4,42,43,47)(H4,44,45,48). The second-order valence-corrected chi connectivity index (χ2v) is 17.4. The summed E-state index contributed by atoms with van der Waals surface area (Å²) in [6.45, 7) is 14.4. The van der Waals surface area contributed by atoms with Gasteiger partial charge in [0.05, 0.1) is 26.4 Å². The molecule has 308 valence electrons. The van der Waals surface area contributed by atoms with Crippen molar-refractivity contribution in [2.75, 3.05) is 46.1 Å². The highest BCUT2D eigenvalue weighted by atomic mass is 16.7. The third-order valence-electron chi connectivity index (χ3n) is 13.4. The summed E-state index contributed by atoms with van der Waals surface area (Å²) in [5.41, 5.74) is 23.8. The summed E-state index contributed by atoms with van der Waals surface area (Å²) in [5.74, 6) is 4.37. The Kier molecular flexibility index (Phi) is 16.8. The average Bonchev–Trinajstić information content (AvgIpc) is 3.47. The lowest BCUT2D eigenvalue weighted by Crippen LogP contribution is -2.51. The largest absolute Gasteiger partial charge is 0.508 e. The molecule has 0 aromatic rings. The Morgan fingerprint density at radius 1 is 0.870 bits per heavy atom. The van der Waals surface area contributed by atoms with Crippen LogP contribution >= 0.6 is 0 Å². The van der Waals surface area contributed by atoms with E-state index < -0.39 is 12.2 Å². The van der Waals surface area contributed by atoms with Gasteiger partial charge in [0.25, 0.3) is 0 Å². The van der Waals surface area contributed by atoms with Gasteiger partial charge >= 0.3 is 6.16 Å². The number of guanidine groups is 2. The Morgan fingerprint density at radius 3 is 2.33 bits per heavy atom. The molecule has 3 fully saturated rings. The van der Waals surface area contributed by atoms with E-state index in [0.29, 0.717) is 38.0 Å². The van der Waals surface area contributed by atoms with Gasteiger partial charge in [-0.15, -0.1) is 0 Å². The molecule has 13 heteroatoms.